The number of nitrogens with two attached hydrogens (primary N) is 1. The average Bonchev–Trinajstić information content (AvgIpc) is 3.67. The van der Waals surface area contributed by atoms with E-state index < -0.39 is 36.1 Å². The molecule has 2 atom stereocenters. The highest BCUT2D eigenvalue weighted by molar-refractivity contribution is 5.84. The second kappa shape index (κ2) is 17.9. The summed E-state index contributed by atoms with van der Waals surface area (Å²) in [6, 6.07) is 17.5. The maximum Gasteiger partial charge on any atom is 0.410 e. The molecule has 0 radical (unpaired) electrons. The summed E-state index contributed by atoms with van der Waals surface area (Å²) in [7, 11) is 0. The second-order valence-electron chi connectivity index (χ2n) is 9.45. The van der Waals surface area contributed by atoms with Crippen LogP contribution in [0, 0.1) is 0 Å². The van der Waals surface area contributed by atoms with Crippen molar-refractivity contribution in [2.75, 3.05) is 19.7 Å². The summed E-state index contributed by atoms with van der Waals surface area (Å²) in [6.45, 7) is 5.01. The third-order valence-corrected chi connectivity index (χ3v) is 6.35. The van der Waals surface area contributed by atoms with Gasteiger partial charge in [0, 0.05) is 20.0 Å². The Morgan fingerprint density at radius 1 is 0.762 bits per heavy atom. The molecular formula is C30H39N3O9. The van der Waals surface area contributed by atoms with E-state index in [9.17, 15) is 24.0 Å². The smallest absolute Gasteiger partial charge is 0.410 e. The number of ether oxygens (including phenoxy) is 3. The van der Waals surface area contributed by atoms with Gasteiger partial charge in [0.2, 0.25) is 5.91 Å². The summed E-state index contributed by atoms with van der Waals surface area (Å²) in [5.41, 5.74) is 7.05. The molecule has 4 rings (SSSR count). The lowest BCUT2D eigenvalue weighted by Gasteiger charge is -2.21. The van der Waals surface area contributed by atoms with Crippen molar-refractivity contribution in [1.82, 2.24) is 9.80 Å². The van der Waals surface area contributed by atoms with Crippen molar-refractivity contribution in [2.24, 2.45) is 5.73 Å². The van der Waals surface area contributed by atoms with Crippen molar-refractivity contribution in [3.63, 3.8) is 0 Å². The van der Waals surface area contributed by atoms with Gasteiger partial charge in [-0.15, -0.1) is 0 Å². The lowest BCUT2D eigenvalue weighted by atomic mass is 10.2. The van der Waals surface area contributed by atoms with Gasteiger partial charge < -0.3 is 25.1 Å². The summed E-state index contributed by atoms with van der Waals surface area (Å²) in [5.74, 6) is -1.65. The molecule has 12 nitrogen and oxygen atoms in total. The normalized spacial score (nSPS) is 17.1. The second-order valence-corrected chi connectivity index (χ2v) is 9.45. The Morgan fingerprint density at radius 2 is 1.19 bits per heavy atom. The Labute approximate surface area is 245 Å². The number of benzene rings is 2. The fraction of sp³-hybridized carbons (Fsp3) is 0.433. The SMILES string of the molecule is CCOC(C)=O.NC(=O)[C@@H]1CCCN1C(=O)OCc1ccccc1.O=C(O)[C@@H]1CCCN1C(=O)OCc1ccccc1. The van der Waals surface area contributed by atoms with E-state index in [1.807, 2.05) is 60.7 Å². The highest BCUT2D eigenvalue weighted by atomic mass is 16.6. The van der Waals surface area contributed by atoms with E-state index >= 15 is 0 Å². The van der Waals surface area contributed by atoms with Crippen molar-refractivity contribution in [2.45, 2.75) is 64.8 Å². The number of carbonyl (C=O) groups excluding carboxylic acids is 4. The van der Waals surface area contributed by atoms with Crippen molar-refractivity contribution < 1.29 is 43.3 Å². The third kappa shape index (κ3) is 11.5. The molecule has 2 aromatic carbocycles. The zero-order chi connectivity index (χ0) is 30.9. The van der Waals surface area contributed by atoms with Gasteiger partial charge in [0.05, 0.1) is 6.61 Å². The molecule has 0 saturated carbocycles. The van der Waals surface area contributed by atoms with Crippen LogP contribution in [0.4, 0.5) is 9.59 Å². The van der Waals surface area contributed by atoms with E-state index in [1.165, 1.54) is 16.7 Å². The topological polar surface area (TPSA) is 166 Å². The molecule has 0 spiro atoms. The summed E-state index contributed by atoms with van der Waals surface area (Å²) < 4.78 is 14.7. The van der Waals surface area contributed by atoms with E-state index in [0.29, 0.717) is 39.0 Å². The summed E-state index contributed by atoms with van der Waals surface area (Å²) in [5, 5.41) is 8.97. The van der Waals surface area contributed by atoms with Crippen molar-refractivity contribution in [3.05, 3.63) is 71.8 Å². The number of carboxylic acids is 1. The number of aliphatic carboxylic acids is 1. The Kier molecular flexibility index (Phi) is 14.4. The molecule has 2 aliphatic heterocycles. The Hall–Kier alpha value is -4.61. The first-order chi connectivity index (χ1) is 20.1. The van der Waals surface area contributed by atoms with Gasteiger partial charge in [0.15, 0.2) is 0 Å². The van der Waals surface area contributed by atoms with Crippen molar-refractivity contribution in [3.8, 4) is 0 Å². The highest BCUT2D eigenvalue weighted by Gasteiger charge is 2.35. The number of carboxylic acid groups (broad SMARTS) is 1. The zero-order valence-corrected chi connectivity index (χ0v) is 24.0. The minimum Gasteiger partial charge on any atom is -0.480 e. The van der Waals surface area contributed by atoms with Crippen LogP contribution in [0.5, 0.6) is 0 Å². The van der Waals surface area contributed by atoms with Gasteiger partial charge in [-0.25, -0.2) is 14.4 Å². The number of carbonyl (C=O) groups is 5. The molecule has 0 bridgehead atoms. The van der Waals surface area contributed by atoms with Gasteiger partial charge >= 0.3 is 24.1 Å². The minimum absolute atomic E-state index is 0.169. The minimum atomic E-state index is -0.968. The van der Waals surface area contributed by atoms with Gasteiger partial charge in [0.1, 0.15) is 25.3 Å². The number of primary amides is 1. The molecule has 2 fully saturated rings. The largest absolute Gasteiger partial charge is 0.480 e. The molecule has 2 aliphatic rings. The lowest BCUT2D eigenvalue weighted by molar-refractivity contribution is -0.142. The van der Waals surface area contributed by atoms with Gasteiger partial charge in [-0.1, -0.05) is 60.7 Å². The molecule has 2 saturated heterocycles. The van der Waals surface area contributed by atoms with Crippen LogP contribution in [0.2, 0.25) is 0 Å². The first-order valence-corrected chi connectivity index (χ1v) is 13.7. The quantitative estimate of drug-likeness (QED) is 0.364. The Morgan fingerprint density at radius 3 is 1.55 bits per heavy atom. The molecule has 3 amide bonds. The number of hydrogen-bond donors (Lipinski definition) is 2. The van der Waals surface area contributed by atoms with E-state index in [-0.39, 0.29) is 19.2 Å². The predicted molar refractivity (Wildman–Crippen MR) is 152 cm³/mol. The van der Waals surface area contributed by atoms with E-state index in [2.05, 4.69) is 4.74 Å². The average molecular weight is 586 g/mol. The molecule has 2 aromatic rings. The Balaban J connectivity index is 0.000000247. The number of hydrogen-bond acceptors (Lipinski definition) is 8. The molecule has 0 unspecified atom stereocenters. The molecule has 0 aliphatic carbocycles. The number of esters is 1. The van der Waals surface area contributed by atoms with E-state index in [1.54, 1.807) is 6.92 Å². The van der Waals surface area contributed by atoms with Crippen LogP contribution in [0.3, 0.4) is 0 Å². The van der Waals surface area contributed by atoms with E-state index in [4.69, 9.17) is 20.3 Å². The van der Waals surface area contributed by atoms with Gasteiger partial charge in [-0.3, -0.25) is 19.4 Å². The monoisotopic (exact) mass is 585 g/mol. The van der Waals surface area contributed by atoms with Crippen molar-refractivity contribution >= 4 is 30.0 Å². The van der Waals surface area contributed by atoms with Crippen molar-refractivity contribution in [1.29, 1.82) is 0 Å². The molecular weight excluding hydrogens is 546 g/mol. The molecule has 0 aromatic heterocycles. The van der Waals surface area contributed by atoms with Crippen LogP contribution < -0.4 is 5.73 Å². The maximum atomic E-state index is 11.8. The summed E-state index contributed by atoms with van der Waals surface area (Å²) in [4.78, 5) is 58.2. The molecule has 228 valence electrons. The summed E-state index contributed by atoms with van der Waals surface area (Å²) >= 11 is 0. The van der Waals surface area contributed by atoms with Crippen LogP contribution in [-0.2, 0) is 41.8 Å². The predicted octanol–water partition coefficient (Wildman–Crippen LogP) is 3.71. The van der Waals surface area contributed by atoms with Gasteiger partial charge in [-0.2, -0.15) is 0 Å². The van der Waals surface area contributed by atoms with Gasteiger partial charge in [0.25, 0.3) is 0 Å². The van der Waals surface area contributed by atoms with Crippen LogP contribution in [-0.4, -0.2) is 76.7 Å². The number of nitrogens with zero attached hydrogens (tertiary/aromatic N) is 2. The number of rotatable bonds is 7. The summed E-state index contributed by atoms with van der Waals surface area (Å²) in [6.07, 6.45) is 1.58. The zero-order valence-electron chi connectivity index (χ0n) is 24.0. The molecule has 12 heteroatoms. The van der Waals surface area contributed by atoms with Crippen LogP contribution >= 0.6 is 0 Å². The fourth-order valence-corrected chi connectivity index (χ4v) is 4.33. The maximum absolute atomic E-state index is 11.8. The standard InChI is InChI=1S/C13H16N2O3.C13H15NO4.C4H8O2/c14-12(16)11-7-4-8-15(11)13(17)18-9-10-5-2-1-3-6-10;15-12(16)11-7-4-8-14(11)13(17)18-9-10-5-2-1-3-6-10;1-3-6-4(2)5/h1-3,5-6,11H,4,7-9H2,(H2,14,16);1-3,5-6,11H,4,7-9H2,(H,15,16);3H2,1-2H3/t2*11-;/m00./s1. The molecule has 42 heavy (non-hydrogen) atoms. The lowest BCUT2D eigenvalue weighted by Crippen LogP contribution is -2.43. The van der Waals surface area contributed by atoms with Crippen LogP contribution in [0.15, 0.2) is 60.7 Å². The van der Waals surface area contributed by atoms with E-state index in [0.717, 1.165) is 17.5 Å². The van der Waals surface area contributed by atoms with Crippen LogP contribution in [0.25, 0.3) is 0 Å². The fourth-order valence-electron chi connectivity index (χ4n) is 4.33. The van der Waals surface area contributed by atoms with Gasteiger partial charge in [-0.05, 0) is 43.7 Å². The first kappa shape index (κ1) is 33.6. The third-order valence-electron chi connectivity index (χ3n) is 6.35. The highest BCUT2D eigenvalue weighted by Crippen LogP contribution is 2.19. The first-order valence-electron chi connectivity index (χ1n) is 13.7. The molecule has 2 heterocycles. The number of likely N-dealkylation sites (tertiary alicyclic amines) is 2. The van der Waals surface area contributed by atoms with Crippen LogP contribution in [0.1, 0.15) is 50.7 Å². The Bertz CT molecular complexity index is 1080. The molecule has 3 N–H and O–H groups in total. The number of amides is 3.